The standard InChI is InChI=1S/C11H11F3O3/c1-16-8-5-3-7(4-6-8)9(10(15)17-2)11(12,13)14/h3-6,9H,1-2H3. The Balaban J connectivity index is 3.09. The number of hydrogen-bond donors (Lipinski definition) is 0. The van der Waals surface area contributed by atoms with Gasteiger partial charge in [-0.1, -0.05) is 12.1 Å². The van der Waals surface area contributed by atoms with Crippen molar-refractivity contribution in [1.82, 2.24) is 0 Å². The number of hydrogen-bond acceptors (Lipinski definition) is 3. The Bertz CT molecular complexity index is 384. The lowest BCUT2D eigenvalue weighted by Crippen LogP contribution is -2.29. The van der Waals surface area contributed by atoms with E-state index in [1.165, 1.54) is 31.4 Å². The highest BCUT2D eigenvalue weighted by atomic mass is 19.4. The van der Waals surface area contributed by atoms with Crippen LogP contribution in [0.25, 0.3) is 0 Å². The molecule has 1 aromatic carbocycles. The lowest BCUT2D eigenvalue weighted by atomic mass is 9.98. The van der Waals surface area contributed by atoms with Crippen LogP contribution < -0.4 is 4.74 Å². The Labute approximate surface area is 96.1 Å². The van der Waals surface area contributed by atoms with Crippen molar-refractivity contribution in [3.8, 4) is 5.75 Å². The van der Waals surface area contributed by atoms with Crippen molar-refractivity contribution in [3.05, 3.63) is 29.8 Å². The Morgan fingerprint density at radius 3 is 2.06 bits per heavy atom. The number of rotatable bonds is 3. The molecule has 1 atom stereocenters. The van der Waals surface area contributed by atoms with Gasteiger partial charge in [-0.25, -0.2) is 0 Å². The number of ether oxygens (including phenoxy) is 2. The minimum Gasteiger partial charge on any atom is -0.497 e. The summed E-state index contributed by atoms with van der Waals surface area (Å²) in [6.07, 6.45) is -4.68. The van der Waals surface area contributed by atoms with Gasteiger partial charge in [0.1, 0.15) is 5.75 Å². The third kappa shape index (κ3) is 3.12. The van der Waals surface area contributed by atoms with Crippen LogP contribution in [0, 0.1) is 0 Å². The fraction of sp³-hybridized carbons (Fsp3) is 0.364. The molecule has 0 aromatic heterocycles. The van der Waals surface area contributed by atoms with Crippen molar-refractivity contribution >= 4 is 5.97 Å². The van der Waals surface area contributed by atoms with Crippen molar-refractivity contribution in [1.29, 1.82) is 0 Å². The molecule has 0 saturated heterocycles. The van der Waals surface area contributed by atoms with Crippen molar-refractivity contribution in [2.75, 3.05) is 14.2 Å². The zero-order valence-electron chi connectivity index (χ0n) is 9.25. The zero-order valence-corrected chi connectivity index (χ0v) is 9.25. The number of esters is 1. The Morgan fingerprint density at radius 2 is 1.71 bits per heavy atom. The lowest BCUT2D eigenvalue weighted by molar-refractivity contribution is -0.179. The second-order valence-electron chi connectivity index (χ2n) is 3.27. The van der Waals surface area contributed by atoms with Crippen molar-refractivity contribution < 1.29 is 27.4 Å². The van der Waals surface area contributed by atoms with E-state index >= 15 is 0 Å². The van der Waals surface area contributed by atoms with Crippen LogP contribution in [0.15, 0.2) is 24.3 Å². The van der Waals surface area contributed by atoms with Gasteiger partial charge in [0.2, 0.25) is 0 Å². The van der Waals surface area contributed by atoms with Crippen LogP contribution in [0.5, 0.6) is 5.75 Å². The van der Waals surface area contributed by atoms with Crippen LogP contribution in [-0.4, -0.2) is 26.4 Å². The maximum absolute atomic E-state index is 12.7. The molecular weight excluding hydrogens is 237 g/mol. The quantitative estimate of drug-likeness (QED) is 0.771. The molecule has 0 aliphatic carbocycles. The third-order valence-corrected chi connectivity index (χ3v) is 2.21. The van der Waals surface area contributed by atoms with Gasteiger partial charge < -0.3 is 9.47 Å². The van der Waals surface area contributed by atoms with E-state index in [4.69, 9.17) is 4.74 Å². The lowest BCUT2D eigenvalue weighted by Gasteiger charge is -2.18. The molecule has 0 aliphatic rings. The van der Waals surface area contributed by atoms with E-state index in [2.05, 4.69) is 4.74 Å². The Kier molecular flexibility index (Phi) is 3.98. The molecule has 1 unspecified atom stereocenters. The monoisotopic (exact) mass is 248 g/mol. The van der Waals surface area contributed by atoms with Gasteiger partial charge in [0.15, 0.2) is 5.92 Å². The second kappa shape index (κ2) is 5.07. The van der Waals surface area contributed by atoms with Crippen LogP contribution in [0.1, 0.15) is 11.5 Å². The van der Waals surface area contributed by atoms with Crippen molar-refractivity contribution in [2.24, 2.45) is 0 Å². The molecule has 0 N–H and O–H groups in total. The molecular formula is C11H11F3O3. The normalized spacial score (nSPS) is 13.0. The molecule has 0 fully saturated rings. The topological polar surface area (TPSA) is 35.5 Å². The first kappa shape index (κ1) is 13.3. The molecule has 17 heavy (non-hydrogen) atoms. The molecule has 0 aliphatic heterocycles. The second-order valence-corrected chi connectivity index (χ2v) is 3.27. The average molecular weight is 248 g/mol. The predicted molar refractivity (Wildman–Crippen MR) is 53.8 cm³/mol. The summed E-state index contributed by atoms with van der Waals surface area (Å²) in [5.41, 5.74) is -0.176. The van der Waals surface area contributed by atoms with Crippen LogP contribution in [0.4, 0.5) is 13.2 Å². The van der Waals surface area contributed by atoms with Gasteiger partial charge in [0.25, 0.3) is 0 Å². The van der Waals surface area contributed by atoms with E-state index in [9.17, 15) is 18.0 Å². The van der Waals surface area contributed by atoms with Crippen molar-refractivity contribution in [3.63, 3.8) is 0 Å². The van der Waals surface area contributed by atoms with Gasteiger partial charge in [-0.05, 0) is 17.7 Å². The molecule has 0 saturated carbocycles. The number of halogens is 3. The van der Waals surface area contributed by atoms with Gasteiger partial charge in [0.05, 0.1) is 14.2 Å². The molecule has 94 valence electrons. The van der Waals surface area contributed by atoms with Gasteiger partial charge >= 0.3 is 12.1 Å². The zero-order chi connectivity index (χ0) is 13.1. The highest BCUT2D eigenvalue weighted by Gasteiger charge is 2.46. The number of methoxy groups -OCH3 is 2. The maximum atomic E-state index is 12.7. The van der Waals surface area contributed by atoms with Crippen LogP contribution in [0.3, 0.4) is 0 Å². The highest BCUT2D eigenvalue weighted by Crippen LogP contribution is 2.36. The Hall–Kier alpha value is -1.72. The smallest absolute Gasteiger partial charge is 0.406 e. The molecule has 1 aromatic rings. The van der Waals surface area contributed by atoms with Gasteiger partial charge in [-0.2, -0.15) is 13.2 Å². The van der Waals surface area contributed by atoms with E-state index in [1.54, 1.807) is 0 Å². The van der Waals surface area contributed by atoms with Crippen LogP contribution in [-0.2, 0) is 9.53 Å². The summed E-state index contributed by atoms with van der Waals surface area (Å²) in [5.74, 6) is -3.18. The molecule has 0 heterocycles. The third-order valence-electron chi connectivity index (χ3n) is 2.21. The summed E-state index contributed by atoms with van der Waals surface area (Å²) < 4.78 is 47.1. The summed E-state index contributed by atoms with van der Waals surface area (Å²) in [5, 5.41) is 0. The highest BCUT2D eigenvalue weighted by molar-refractivity contribution is 5.79. The molecule has 1 rings (SSSR count). The first-order valence-corrected chi connectivity index (χ1v) is 4.68. The van der Waals surface area contributed by atoms with Gasteiger partial charge in [-0.15, -0.1) is 0 Å². The molecule has 3 nitrogen and oxygen atoms in total. The van der Waals surface area contributed by atoms with E-state index in [-0.39, 0.29) is 5.56 Å². The summed E-state index contributed by atoms with van der Waals surface area (Å²) in [6.45, 7) is 0. The minimum atomic E-state index is -4.68. The summed E-state index contributed by atoms with van der Waals surface area (Å²) in [4.78, 5) is 11.1. The van der Waals surface area contributed by atoms with Gasteiger partial charge in [0, 0.05) is 0 Å². The molecule has 0 amide bonds. The summed E-state index contributed by atoms with van der Waals surface area (Å²) >= 11 is 0. The fourth-order valence-electron chi connectivity index (χ4n) is 1.37. The molecule has 0 spiro atoms. The first-order valence-electron chi connectivity index (χ1n) is 4.68. The van der Waals surface area contributed by atoms with Crippen molar-refractivity contribution in [2.45, 2.75) is 12.1 Å². The van der Waals surface area contributed by atoms with Crippen LogP contribution >= 0.6 is 0 Å². The molecule has 0 bridgehead atoms. The SMILES string of the molecule is COC(=O)C(c1ccc(OC)cc1)C(F)(F)F. The number of carbonyl (C=O) groups excluding carboxylic acids is 1. The number of benzene rings is 1. The molecule has 6 heteroatoms. The van der Waals surface area contributed by atoms with Crippen LogP contribution in [0.2, 0.25) is 0 Å². The average Bonchev–Trinajstić information content (AvgIpc) is 2.28. The number of alkyl halides is 3. The fourth-order valence-corrected chi connectivity index (χ4v) is 1.37. The molecule has 0 radical (unpaired) electrons. The Morgan fingerprint density at radius 1 is 1.18 bits per heavy atom. The largest absolute Gasteiger partial charge is 0.497 e. The number of carbonyl (C=O) groups is 1. The first-order chi connectivity index (χ1) is 7.90. The van der Waals surface area contributed by atoms with E-state index in [1.807, 2.05) is 0 Å². The minimum absolute atomic E-state index is 0.176. The maximum Gasteiger partial charge on any atom is 0.406 e. The summed E-state index contributed by atoms with van der Waals surface area (Å²) in [6, 6.07) is 5.09. The predicted octanol–water partition coefficient (Wildman–Crippen LogP) is 2.51. The van der Waals surface area contributed by atoms with E-state index < -0.39 is 18.1 Å². The summed E-state index contributed by atoms with van der Waals surface area (Å²) in [7, 11) is 2.32. The van der Waals surface area contributed by atoms with Gasteiger partial charge in [-0.3, -0.25) is 4.79 Å². The van der Waals surface area contributed by atoms with E-state index in [0.29, 0.717) is 5.75 Å². The van der Waals surface area contributed by atoms with E-state index in [0.717, 1.165) is 7.11 Å².